The van der Waals surface area contributed by atoms with Crippen LogP contribution in [0.15, 0.2) is 52.7 Å². The normalized spacial score (nSPS) is 15.4. The lowest BCUT2D eigenvalue weighted by molar-refractivity contribution is 0.529. The van der Waals surface area contributed by atoms with E-state index in [1.807, 2.05) is 0 Å². The van der Waals surface area contributed by atoms with Crippen molar-refractivity contribution in [2.24, 2.45) is 0 Å². The molecule has 8 heteroatoms. The van der Waals surface area contributed by atoms with Gasteiger partial charge in [0.2, 0.25) is 0 Å². The third-order valence-corrected chi connectivity index (χ3v) is 9.18. The molecule has 164 valence electrons. The van der Waals surface area contributed by atoms with Crippen LogP contribution in [0.25, 0.3) is 11.3 Å². The van der Waals surface area contributed by atoms with Crippen molar-refractivity contribution in [3.63, 3.8) is 0 Å². The first-order valence-electron chi connectivity index (χ1n) is 10.4. The SMILES string of the molecule is CCCc1ccc(-c2csc(N3CCC(S(=O)(=O)c4cc(Cl)cc(Cl)c4)CC3)n2)cc1. The fraction of sp³-hybridized carbons (Fsp3) is 0.348. The number of aromatic nitrogens is 1. The summed E-state index contributed by atoms with van der Waals surface area (Å²) in [5.74, 6) is 0. The number of rotatable bonds is 6. The lowest BCUT2D eigenvalue weighted by atomic mass is 10.1. The number of nitrogens with zero attached hydrogens (tertiary/aromatic N) is 2. The van der Waals surface area contributed by atoms with Crippen LogP contribution in [0, 0.1) is 0 Å². The van der Waals surface area contributed by atoms with Crippen molar-refractivity contribution in [1.29, 1.82) is 0 Å². The van der Waals surface area contributed by atoms with Crippen LogP contribution in [0.1, 0.15) is 31.7 Å². The largest absolute Gasteiger partial charge is 0.348 e. The number of piperidine rings is 1. The van der Waals surface area contributed by atoms with Crippen LogP contribution >= 0.6 is 34.5 Å². The Morgan fingerprint density at radius 1 is 1.06 bits per heavy atom. The number of benzene rings is 2. The second kappa shape index (κ2) is 9.49. The van der Waals surface area contributed by atoms with Gasteiger partial charge in [-0.3, -0.25) is 0 Å². The molecule has 1 aliphatic rings. The molecule has 2 aromatic carbocycles. The highest BCUT2D eigenvalue weighted by Crippen LogP contribution is 2.33. The molecule has 0 unspecified atom stereocenters. The summed E-state index contributed by atoms with van der Waals surface area (Å²) in [6.45, 7) is 3.49. The van der Waals surface area contributed by atoms with Gasteiger partial charge in [-0.15, -0.1) is 11.3 Å². The molecule has 1 aliphatic heterocycles. The van der Waals surface area contributed by atoms with Crippen molar-refractivity contribution in [2.45, 2.75) is 42.8 Å². The molecule has 0 atom stereocenters. The average Bonchev–Trinajstić information content (AvgIpc) is 3.24. The van der Waals surface area contributed by atoms with Crippen LogP contribution in [0.4, 0.5) is 5.13 Å². The molecule has 0 bridgehead atoms. The molecule has 4 nitrogen and oxygen atoms in total. The zero-order chi connectivity index (χ0) is 22.0. The first-order chi connectivity index (χ1) is 14.9. The van der Waals surface area contributed by atoms with Gasteiger partial charge in [0.25, 0.3) is 0 Å². The molecule has 0 N–H and O–H groups in total. The molecule has 0 radical (unpaired) electrons. The Bertz CT molecular complexity index is 1130. The topological polar surface area (TPSA) is 50.3 Å². The van der Waals surface area contributed by atoms with E-state index >= 15 is 0 Å². The van der Waals surface area contributed by atoms with Gasteiger partial charge in [-0.25, -0.2) is 13.4 Å². The van der Waals surface area contributed by atoms with Gasteiger partial charge in [0.1, 0.15) is 0 Å². The van der Waals surface area contributed by atoms with E-state index in [0.29, 0.717) is 36.0 Å². The molecular formula is C23H24Cl2N2O2S2. The Labute approximate surface area is 197 Å². The summed E-state index contributed by atoms with van der Waals surface area (Å²) < 4.78 is 26.1. The van der Waals surface area contributed by atoms with Crippen molar-refractivity contribution in [3.05, 3.63) is 63.5 Å². The van der Waals surface area contributed by atoms with Crippen LogP contribution in [-0.4, -0.2) is 31.7 Å². The van der Waals surface area contributed by atoms with E-state index in [1.54, 1.807) is 17.4 Å². The third-order valence-electron chi connectivity index (χ3n) is 5.60. The van der Waals surface area contributed by atoms with E-state index in [9.17, 15) is 8.42 Å². The van der Waals surface area contributed by atoms with Crippen molar-refractivity contribution in [2.75, 3.05) is 18.0 Å². The summed E-state index contributed by atoms with van der Waals surface area (Å²) in [6, 6.07) is 13.1. The minimum atomic E-state index is -3.47. The van der Waals surface area contributed by atoms with Crippen LogP contribution in [0.5, 0.6) is 0 Å². The fourth-order valence-corrected chi connectivity index (χ4v) is 7.26. The molecule has 31 heavy (non-hydrogen) atoms. The van der Waals surface area contributed by atoms with E-state index in [-0.39, 0.29) is 4.90 Å². The highest BCUT2D eigenvalue weighted by molar-refractivity contribution is 7.92. The third kappa shape index (κ3) is 5.08. The minimum Gasteiger partial charge on any atom is -0.348 e. The van der Waals surface area contributed by atoms with E-state index in [2.05, 4.69) is 41.5 Å². The molecular weight excluding hydrogens is 471 g/mol. The first kappa shape index (κ1) is 22.6. The Balaban J connectivity index is 1.43. The minimum absolute atomic E-state index is 0.200. The van der Waals surface area contributed by atoms with Crippen molar-refractivity contribution < 1.29 is 8.42 Å². The van der Waals surface area contributed by atoms with E-state index in [4.69, 9.17) is 28.2 Å². The Kier molecular flexibility index (Phi) is 6.92. The van der Waals surface area contributed by atoms with Crippen molar-refractivity contribution in [3.8, 4) is 11.3 Å². The van der Waals surface area contributed by atoms with Gasteiger partial charge >= 0.3 is 0 Å². The standard InChI is InChI=1S/C23H24Cl2N2O2S2/c1-2-3-16-4-6-17(7-5-16)22-15-30-23(26-22)27-10-8-20(9-11-27)31(28,29)21-13-18(24)12-19(25)14-21/h4-7,12-15,20H,2-3,8-11H2,1H3. The van der Waals surface area contributed by atoms with Crippen LogP contribution in [0.3, 0.4) is 0 Å². The van der Waals surface area contributed by atoms with Gasteiger partial charge in [-0.1, -0.05) is 60.8 Å². The van der Waals surface area contributed by atoms with E-state index < -0.39 is 15.1 Å². The summed E-state index contributed by atoms with van der Waals surface area (Å²) in [6.07, 6.45) is 3.32. The van der Waals surface area contributed by atoms with Gasteiger partial charge < -0.3 is 4.90 Å². The number of sulfone groups is 1. The summed E-state index contributed by atoms with van der Waals surface area (Å²) in [5, 5.41) is 3.24. The van der Waals surface area contributed by atoms with E-state index in [0.717, 1.165) is 29.2 Å². The summed E-state index contributed by atoms with van der Waals surface area (Å²) >= 11 is 13.6. The maximum absolute atomic E-state index is 13.0. The van der Waals surface area contributed by atoms with Crippen LogP contribution in [0.2, 0.25) is 10.0 Å². The summed E-state index contributed by atoms with van der Waals surface area (Å²) in [7, 11) is -3.47. The Hall–Kier alpha value is -1.60. The number of anilines is 1. The first-order valence-corrected chi connectivity index (χ1v) is 13.5. The quantitative estimate of drug-likeness (QED) is 0.391. The summed E-state index contributed by atoms with van der Waals surface area (Å²) in [5.41, 5.74) is 3.41. The monoisotopic (exact) mass is 494 g/mol. The number of hydrogen-bond acceptors (Lipinski definition) is 5. The maximum Gasteiger partial charge on any atom is 0.185 e. The Morgan fingerprint density at radius 3 is 2.32 bits per heavy atom. The molecule has 3 aromatic rings. The molecule has 2 heterocycles. The molecule has 4 rings (SSSR count). The molecule has 1 saturated heterocycles. The number of thiazole rings is 1. The zero-order valence-electron chi connectivity index (χ0n) is 17.2. The van der Waals surface area contributed by atoms with Crippen molar-refractivity contribution >= 4 is 49.5 Å². The van der Waals surface area contributed by atoms with E-state index in [1.165, 1.54) is 17.7 Å². The fourth-order valence-electron chi connectivity index (χ4n) is 3.92. The van der Waals surface area contributed by atoms with Gasteiger partial charge in [0.15, 0.2) is 15.0 Å². The Morgan fingerprint density at radius 2 is 1.71 bits per heavy atom. The number of hydrogen-bond donors (Lipinski definition) is 0. The highest BCUT2D eigenvalue weighted by atomic mass is 35.5. The highest BCUT2D eigenvalue weighted by Gasteiger charge is 2.32. The molecule has 1 fully saturated rings. The molecule has 1 aromatic heterocycles. The van der Waals surface area contributed by atoms with Gasteiger partial charge in [-0.2, -0.15) is 0 Å². The van der Waals surface area contributed by atoms with Crippen LogP contribution in [-0.2, 0) is 16.3 Å². The lowest BCUT2D eigenvalue weighted by Gasteiger charge is -2.31. The predicted octanol–water partition coefficient (Wildman–Crippen LogP) is 6.51. The molecule has 0 saturated carbocycles. The molecule has 0 amide bonds. The second-order valence-electron chi connectivity index (χ2n) is 7.80. The smallest absolute Gasteiger partial charge is 0.185 e. The zero-order valence-corrected chi connectivity index (χ0v) is 20.4. The van der Waals surface area contributed by atoms with Crippen molar-refractivity contribution in [1.82, 2.24) is 4.98 Å². The number of aryl methyl sites for hydroxylation is 1. The maximum atomic E-state index is 13.0. The number of halogens is 2. The van der Waals surface area contributed by atoms with Gasteiger partial charge in [0, 0.05) is 34.1 Å². The molecule has 0 aliphatic carbocycles. The van der Waals surface area contributed by atoms with Crippen LogP contribution < -0.4 is 4.90 Å². The second-order valence-corrected chi connectivity index (χ2v) is 11.7. The van der Waals surface area contributed by atoms with Gasteiger partial charge in [0.05, 0.1) is 15.8 Å². The van der Waals surface area contributed by atoms with Gasteiger partial charge in [-0.05, 0) is 43.0 Å². The predicted molar refractivity (Wildman–Crippen MR) is 130 cm³/mol. The lowest BCUT2D eigenvalue weighted by Crippen LogP contribution is -2.39. The average molecular weight is 495 g/mol. The summed E-state index contributed by atoms with van der Waals surface area (Å²) in [4.78, 5) is 7.19. The molecule has 0 spiro atoms.